The first kappa shape index (κ1) is 15.9. The zero-order valence-electron chi connectivity index (χ0n) is 12.2. The summed E-state index contributed by atoms with van der Waals surface area (Å²) in [5, 5.41) is 1.31. The summed E-state index contributed by atoms with van der Waals surface area (Å²) in [6.07, 6.45) is 0. The van der Waals surface area contributed by atoms with Crippen LogP contribution < -0.4 is 4.90 Å². The zero-order chi connectivity index (χ0) is 15.6. The van der Waals surface area contributed by atoms with Crippen molar-refractivity contribution < 1.29 is 4.79 Å². The zero-order valence-corrected chi connectivity index (χ0v) is 13.7. The number of carbonyl (C=O) groups excluding carboxylic acids is 1. The van der Waals surface area contributed by atoms with Gasteiger partial charge in [-0.15, -0.1) is 0 Å². The first-order valence-electron chi connectivity index (χ1n) is 6.62. The molecule has 0 aliphatic heterocycles. The molecule has 0 radical (unpaired) electrons. The maximum Gasteiger partial charge on any atom is 0.236 e. The van der Waals surface area contributed by atoms with E-state index in [1.54, 1.807) is 36.2 Å². The standard InChI is InChI=1S/C17H17Cl2NO/c1-17(2,12-4-6-13(18)7-5-12)16(21)20(3)15-10-8-14(19)9-11-15/h4-11H,1-3H3. The van der Waals surface area contributed by atoms with Crippen LogP contribution in [0.5, 0.6) is 0 Å². The van der Waals surface area contributed by atoms with E-state index in [0.717, 1.165) is 11.3 Å². The molecule has 4 heteroatoms. The van der Waals surface area contributed by atoms with Crippen molar-refractivity contribution in [3.05, 3.63) is 64.1 Å². The Labute approximate surface area is 135 Å². The second kappa shape index (κ2) is 6.08. The number of carbonyl (C=O) groups is 1. The van der Waals surface area contributed by atoms with E-state index < -0.39 is 5.41 Å². The summed E-state index contributed by atoms with van der Waals surface area (Å²) in [5.41, 5.74) is 1.10. The molecule has 1 amide bonds. The van der Waals surface area contributed by atoms with Gasteiger partial charge in [-0.05, 0) is 55.8 Å². The monoisotopic (exact) mass is 321 g/mol. The van der Waals surface area contributed by atoms with Crippen LogP contribution in [-0.4, -0.2) is 13.0 Å². The molecule has 110 valence electrons. The Bertz CT molecular complexity index is 633. The first-order valence-corrected chi connectivity index (χ1v) is 7.38. The number of hydrogen-bond donors (Lipinski definition) is 0. The predicted molar refractivity (Wildman–Crippen MR) is 89.3 cm³/mol. The molecule has 0 fully saturated rings. The van der Waals surface area contributed by atoms with Gasteiger partial charge in [0.15, 0.2) is 0 Å². The Morgan fingerprint density at radius 3 is 1.81 bits per heavy atom. The summed E-state index contributed by atoms with van der Waals surface area (Å²) in [6.45, 7) is 3.82. The van der Waals surface area contributed by atoms with Crippen LogP contribution in [0, 0.1) is 0 Å². The molecule has 2 aromatic rings. The summed E-state index contributed by atoms with van der Waals surface area (Å²) in [4.78, 5) is 14.4. The average Bonchev–Trinajstić information content (AvgIpc) is 2.47. The van der Waals surface area contributed by atoms with E-state index in [4.69, 9.17) is 23.2 Å². The molecule has 2 nitrogen and oxygen atoms in total. The van der Waals surface area contributed by atoms with Crippen molar-refractivity contribution in [2.45, 2.75) is 19.3 Å². The fourth-order valence-electron chi connectivity index (χ4n) is 2.19. The Morgan fingerprint density at radius 2 is 1.33 bits per heavy atom. The maximum atomic E-state index is 12.8. The van der Waals surface area contributed by atoms with Crippen molar-refractivity contribution in [3.8, 4) is 0 Å². The highest BCUT2D eigenvalue weighted by Gasteiger charge is 2.32. The van der Waals surface area contributed by atoms with Crippen LogP contribution in [0.1, 0.15) is 19.4 Å². The number of halogens is 2. The van der Waals surface area contributed by atoms with Gasteiger partial charge in [0, 0.05) is 22.8 Å². The molecule has 0 saturated heterocycles. The third-order valence-corrected chi connectivity index (χ3v) is 4.12. The quantitative estimate of drug-likeness (QED) is 0.784. The number of amides is 1. The molecule has 0 atom stereocenters. The molecular formula is C17H17Cl2NO. The second-order valence-corrected chi connectivity index (χ2v) is 6.35. The van der Waals surface area contributed by atoms with Crippen LogP contribution in [0.25, 0.3) is 0 Å². The fourth-order valence-corrected chi connectivity index (χ4v) is 2.44. The molecule has 0 aromatic heterocycles. The largest absolute Gasteiger partial charge is 0.315 e. The van der Waals surface area contributed by atoms with Crippen LogP contribution in [0.4, 0.5) is 5.69 Å². The second-order valence-electron chi connectivity index (χ2n) is 5.47. The van der Waals surface area contributed by atoms with Gasteiger partial charge in [-0.3, -0.25) is 4.79 Å². The Kier molecular flexibility index (Phi) is 4.60. The lowest BCUT2D eigenvalue weighted by molar-refractivity contribution is -0.122. The fraction of sp³-hybridized carbons (Fsp3) is 0.235. The number of anilines is 1. The molecule has 2 aromatic carbocycles. The molecular weight excluding hydrogens is 305 g/mol. The van der Waals surface area contributed by atoms with Crippen molar-refractivity contribution in [2.24, 2.45) is 0 Å². The summed E-state index contributed by atoms with van der Waals surface area (Å²) in [5.74, 6) is 0.00662. The Hall–Kier alpha value is -1.51. The van der Waals surface area contributed by atoms with Gasteiger partial charge in [0.1, 0.15) is 0 Å². The molecule has 0 N–H and O–H groups in total. The van der Waals surface area contributed by atoms with Crippen LogP contribution in [0.2, 0.25) is 10.0 Å². The number of benzene rings is 2. The number of hydrogen-bond acceptors (Lipinski definition) is 1. The van der Waals surface area contributed by atoms with Crippen LogP contribution in [0.15, 0.2) is 48.5 Å². The van der Waals surface area contributed by atoms with Gasteiger partial charge in [-0.2, -0.15) is 0 Å². The minimum absolute atomic E-state index is 0.00662. The van der Waals surface area contributed by atoms with Gasteiger partial charge in [0.25, 0.3) is 0 Å². The number of rotatable bonds is 3. The highest BCUT2D eigenvalue weighted by atomic mass is 35.5. The smallest absolute Gasteiger partial charge is 0.236 e. The number of likely N-dealkylation sites (N-methyl/N-ethyl adjacent to an activating group) is 1. The third kappa shape index (κ3) is 3.39. The number of nitrogens with zero attached hydrogens (tertiary/aromatic N) is 1. The molecule has 0 bridgehead atoms. The van der Waals surface area contributed by atoms with Crippen LogP contribution in [-0.2, 0) is 10.2 Å². The first-order chi connectivity index (χ1) is 9.82. The van der Waals surface area contributed by atoms with E-state index in [1.807, 2.05) is 38.1 Å². The SMILES string of the molecule is CN(C(=O)C(C)(C)c1ccc(Cl)cc1)c1ccc(Cl)cc1. The summed E-state index contributed by atoms with van der Waals surface area (Å²) >= 11 is 11.8. The highest BCUT2D eigenvalue weighted by molar-refractivity contribution is 6.30. The molecule has 21 heavy (non-hydrogen) atoms. The Morgan fingerprint density at radius 1 is 0.905 bits per heavy atom. The third-order valence-electron chi connectivity index (χ3n) is 3.62. The molecule has 0 unspecified atom stereocenters. The lowest BCUT2D eigenvalue weighted by Gasteiger charge is -2.30. The van der Waals surface area contributed by atoms with Gasteiger partial charge in [0.05, 0.1) is 5.41 Å². The van der Waals surface area contributed by atoms with E-state index in [-0.39, 0.29) is 5.91 Å². The lowest BCUT2D eigenvalue weighted by Crippen LogP contribution is -2.41. The molecule has 2 rings (SSSR count). The maximum absolute atomic E-state index is 12.8. The van der Waals surface area contributed by atoms with Crippen molar-refractivity contribution in [3.63, 3.8) is 0 Å². The molecule has 0 heterocycles. The van der Waals surface area contributed by atoms with Crippen molar-refractivity contribution in [1.82, 2.24) is 0 Å². The molecule has 0 aliphatic rings. The van der Waals surface area contributed by atoms with Gasteiger partial charge in [-0.25, -0.2) is 0 Å². The van der Waals surface area contributed by atoms with E-state index in [0.29, 0.717) is 10.0 Å². The predicted octanol–water partition coefficient (Wildman–Crippen LogP) is 4.93. The normalized spacial score (nSPS) is 11.3. The van der Waals surface area contributed by atoms with E-state index in [2.05, 4.69) is 0 Å². The summed E-state index contributed by atoms with van der Waals surface area (Å²) < 4.78 is 0. The van der Waals surface area contributed by atoms with Crippen LogP contribution in [0.3, 0.4) is 0 Å². The lowest BCUT2D eigenvalue weighted by atomic mass is 9.83. The van der Waals surface area contributed by atoms with Crippen molar-refractivity contribution in [1.29, 1.82) is 0 Å². The van der Waals surface area contributed by atoms with E-state index in [1.165, 1.54) is 0 Å². The van der Waals surface area contributed by atoms with Crippen molar-refractivity contribution >= 4 is 34.8 Å². The minimum Gasteiger partial charge on any atom is -0.315 e. The van der Waals surface area contributed by atoms with Gasteiger partial charge in [-0.1, -0.05) is 35.3 Å². The molecule has 0 spiro atoms. The summed E-state index contributed by atoms with van der Waals surface area (Å²) in [6, 6.07) is 14.6. The molecule has 0 saturated carbocycles. The van der Waals surface area contributed by atoms with Crippen LogP contribution >= 0.6 is 23.2 Å². The summed E-state index contributed by atoms with van der Waals surface area (Å²) in [7, 11) is 1.77. The van der Waals surface area contributed by atoms with Gasteiger partial charge < -0.3 is 4.90 Å². The van der Waals surface area contributed by atoms with Crippen molar-refractivity contribution in [2.75, 3.05) is 11.9 Å². The minimum atomic E-state index is -0.640. The molecule has 0 aliphatic carbocycles. The van der Waals surface area contributed by atoms with Gasteiger partial charge >= 0.3 is 0 Å². The Balaban J connectivity index is 2.28. The topological polar surface area (TPSA) is 20.3 Å². The van der Waals surface area contributed by atoms with E-state index in [9.17, 15) is 4.79 Å². The average molecular weight is 322 g/mol. The highest BCUT2D eigenvalue weighted by Crippen LogP contribution is 2.29. The van der Waals surface area contributed by atoms with Gasteiger partial charge in [0.2, 0.25) is 5.91 Å². The van der Waals surface area contributed by atoms with E-state index >= 15 is 0 Å².